The van der Waals surface area contributed by atoms with Crippen LogP contribution in [0.4, 0.5) is 4.39 Å². The minimum Gasteiger partial charge on any atom is -0.454 e. The average Bonchev–Trinajstić information content (AvgIpc) is 3.22. The molecule has 0 aromatic heterocycles. The Morgan fingerprint density at radius 1 is 1.00 bits per heavy atom. The molecule has 2 aromatic carbocycles. The third-order valence-electron chi connectivity index (χ3n) is 6.41. The number of halogens is 1. The highest BCUT2D eigenvalue weighted by Gasteiger charge is 2.84. The lowest BCUT2D eigenvalue weighted by molar-refractivity contribution is -0.312. The molecule has 7 nitrogen and oxygen atoms in total. The fraction of sp³-hybridized carbons (Fsp3) is 0.304. The Kier molecular flexibility index (Phi) is 3.99. The van der Waals surface area contributed by atoms with Gasteiger partial charge < -0.3 is 25.0 Å². The van der Waals surface area contributed by atoms with E-state index in [1.54, 1.807) is 12.1 Å². The number of likely N-dealkylation sites (tertiary alicyclic amines) is 1. The van der Waals surface area contributed by atoms with E-state index in [2.05, 4.69) is 0 Å². The summed E-state index contributed by atoms with van der Waals surface area (Å²) in [5.41, 5.74) is -2.43. The van der Waals surface area contributed by atoms with Crippen LogP contribution in [0.5, 0.6) is 0 Å². The first-order chi connectivity index (χ1) is 14.7. The number of ether oxygens (including phenoxy) is 1. The van der Waals surface area contributed by atoms with Gasteiger partial charge in [-0.2, -0.15) is 0 Å². The summed E-state index contributed by atoms with van der Waals surface area (Å²) < 4.78 is 19.4. The van der Waals surface area contributed by atoms with Crippen molar-refractivity contribution in [2.75, 3.05) is 6.54 Å². The number of hydrogen-bond donors (Lipinski definition) is 3. The number of Topliss-reactive ketones (excluding diaryl/α,β-unsaturated/α-hetero) is 1. The molecule has 0 radical (unpaired) electrons. The smallest absolute Gasteiger partial charge is 0.296 e. The van der Waals surface area contributed by atoms with Gasteiger partial charge in [0, 0.05) is 23.2 Å². The molecule has 1 spiro atoms. The van der Waals surface area contributed by atoms with E-state index in [0.29, 0.717) is 12.8 Å². The third kappa shape index (κ3) is 2.12. The maximum absolute atomic E-state index is 13.5. The Morgan fingerprint density at radius 2 is 1.65 bits per heavy atom. The highest BCUT2D eigenvalue weighted by atomic mass is 19.1. The van der Waals surface area contributed by atoms with Gasteiger partial charge in [0.25, 0.3) is 17.5 Å². The fourth-order valence-electron chi connectivity index (χ4n) is 5.09. The maximum Gasteiger partial charge on any atom is 0.296 e. The monoisotopic (exact) mass is 425 g/mol. The van der Waals surface area contributed by atoms with Gasteiger partial charge in [0.1, 0.15) is 11.6 Å². The van der Waals surface area contributed by atoms with Crippen molar-refractivity contribution in [3.05, 3.63) is 76.6 Å². The summed E-state index contributed by atoms with van der Waals surface area (Å²) in [4.78, 5) is 27.3. The molecule has 0 saturated carbocycles. The zero-order chi connectivity index (χ0) is 22.2. The zero-order valence-corrected chi connectivity index (χ0v) is 16.6. The topological polar surface area (TPSA) is 107 Å². The summed E-state index contributed by atoms with van der Waals surface area (Å²) in [6.45, 7) is 1.89. The number of nitrogens with zero attached hydrogens (tertiary/aromatic N) is 1. The first-order valence-corrected chi connectivity index (χ1v) is 10.0. The van der Waals surface area contributed by atoms with Crippen molar-refractivity contribution in [1.29, 1.82) is 0 Å². The summed E-state index contributed by atoms with van der Waals surface area (Å²) in [5.74, 6) is -7.89. The van der Waals surface area contributed by atoms with Gasteiger partial charge in [-0.3, -0.25) is 9.59 Å². The van der Waals surface area contributed by atoms with Gasteiger partial charge >= 0.3 is 0 Å². The van der Waals surface area contributed by atoms with Gasteiger partial charge in [0.2, 0.25) is 11.3 Å². The Morgan fingerprint density at radius 3 is 2.29 bits per heavy atom. The SMILES string of the molecule is CCCCN1C(=O)C(=O)C2=C(c3ccc(F)cc3)O[C@@]3(O)c4ccccc4C(O)(O)[C@]213. The molecule has 2 heterocycles. The fourth-order valence-corrected chi connectivity index (χ4v) is 5.09. The molecule has 160 valence electrons. The number of ketones is 1. The van der Waals surface area contributed by atoms with Crippen LogP contribution in [0.25, 0.3) is 5.76 Å². The second-order valence-electron chi connectivity index (χ2n) is 8.02. The highest BCUT2D eigenvalue weighted by molar-refractivity contribution is 6.48. The first-order valence-electron chi connectivity index (χ1n) is 10.0. The largest absolute Gasteiger partial charge is 0.454 e. The normalized spacial score (nSPS) is 28.0. The molecule has 5 rings (SSSR count). The highest BCUT2D eigenvalue weighted by Crippen LogP contribution is 2.67. The number of unbranched alkanes of at least 4 members (excludes halogenated alkanes) is 1. The second kappa shape index (κ2) is 6.23. The van der Waals surface area contributed by atoms with Gasteiger partial charge in [-0.05, 0) is 30.7 Å². The van der Waals surface area contributed by atoms with E-state index < -0.39 is 34.6 Å². The number of carbonyl (C=O) groups is 2. The summed E-state index contributed by atoms with van der Waals surface area (Å²) in [5, 5.41) is 34.7. The van der Waals surface area contributed by atoms with E-state index >= 15 is 0 Å². The third-order valence-corrected chi connectivity index (χ3v) is 6.41. The number of amides is 1. The minimum absolute atomic E-state index is 0.00377. The minimum atomic E-state index is -2.81. The van der Waals surface area contributed by atoms with Gasteiger partial charge in [-0.25, -0.2) is 4.39 Å². The standard InChI is InChI=1S/C23H20FNO6/c1-2-3-12-25-20(27)18(26)17-19(13-8-10-14(24)11-9-13)31-23(30)16-7-5-4-6-15(16)22(28,29)21(17,23)25/h4-11,28-30H,2-3,12H2,1H3/t21-,23-/m0/s1. The zero-order valence-electron chi connectivity index (χ0n) is 16.6. The van der Waals surface area contributed by atoms with Crippen LogP contribution in [0.2, 0.25) is 0 Å². The van der Waals surface area contributed by atoms with Crippen LogP contribution in [0.1, 0.15) is 36.5 Å². The van der Waals surface area contributed by atoms with E-state index in [9.17, 15) is 29.3 Å². The lowest BCUT2D eigenvalue weighted by Crippen LogP contribution is -2.66. The number of carbonyl (C=O) groups excluding carboxylic acids is 2. The Balaban J connectivity index is 1.86. The number of fused-ring (bicyclic) bond motifs is 2. The van der Waals surface area contributed by atoms with Gasteiger partial charge in [-0.1, -0.05) is 37.6 Å². The van der Waals surface area contributed by atoms with Crippen LogP contribution in [0.3, 0.4) is 0 Å². The molecular weight excluding hydrogens is 405 g/mol. The predicted molar refractivity (Wildman–Crippen MR) is 105 cm³/mol. The van der Waals surface area contributed by atoms with E-state index in [-0.39, 0.29) is 34.6 Å². The lowest BCUT2D eigenvalue weighted by Gasteiger charge is -2.45. The molecule has 2 aliphatic heterocycles. The molecule has 0 unspecified atom stereocenters. The van der Waals surface area contributed by atoms with Crippen LogP contribution in [0.15, 0.2) is 54.1 Å². The lowest BCUT2D eigenvalue weighted by atomic mass is 9.78. The van der Waals surface area contributed by atoms with Gasteiger partial charge in [0.15, 0.2) is 0 Å². The second-order valence-corrected chi connectivity index (χ2v) is 8.02. The summed E-state index contributed by atoms with van der Waals surface area (Å²) >= 11 is 0. The number of hydrogen-bond acceptors (Lipinski definition) is 6. The van der Waals surface area contributed by atoms with Gasteiger partial charge in [-0.15, -0.1) is 0 Å². The van der Waals surface area contributed by atoms with Crippen molar-refractivity contribution in [2.45, 2.75) is 36.9 Å². The molecule has 3 aliphatic rings. The Bertz CT molecular complexity index is 1160. The van der Waals surface area contributed by atoms with Crippen molar-refractivity contribution in [3.8, 4) is 0 Å². The van der Waals surface area contributed by atoms with Crippen molar-refractivity contribution in [1.82, 2.24) is 4.90 Å². The first kappa shape index (κ1) is 19.9. The molecule has 1 aliphatic carbocycles. The van der Waals surface area contributed by atoms with Crippen molar-refractivity contribution < 1.29 is 34.0 Å². The number of benzene rings is 2. The average molecular weight is 425 g/mol. The Hall–Kier alpha value is -3.07. The van der Waals surface area contributed by atoms with Crippen LogP contribution < -0.4 is 0 Å². The molecule has 0 bridgehead atoms. The van der Waals surface area contributed by atoms with Crippen molar-refractivity contribution in [2.24, 2.45) is 0 Å². The summed E-state index contributed by atoms with van der Waals surface area (Å²) in [6, 6.07) is 11.0. The van der Waals surface area contributed by atoms with E-state index in [1.807, 2.05) is 6.92 Å². The maximum atomic E-state index is 13.5. The number of aliphatic hydroxyl groups is 3. The molecule has 2 aromatic rings. The number of rotatable bonds is 4. The molecule has 8 heteroatoms. The van der Waals surface area contributed by atoms with E-state index in [4.69, 9.17) is 4.74 Å². The molecule has 2 atom stereocenters. The van der Waals surface area contributed by atoms with Crippen LogP contribution >= 0.6 is 0 Å². The predicted octanol–water partition coefficient (Wildman–Crippen LogP) is 1.51. The summed E-state index contributed by atoms with van der Waals surface area (Å²) in [6.07, 6.45) is 1.12. The molecule has 31 heavy (non-hydrogen) atoms. The molecule has 1 saturated heterocycles. The van der Waals surface area contributed by atoms with Crippen LogP contribution in [0, 0.1) is 5.82 Å². The molecule has 1 fully saturated rings. The van der Waals surface area contributed by atoms with Crippen LogP contribution in [-0.4, -0.2) is 44.0 Å². The van der Waals surface area contributed by atoms with E-state index in [1.165, 1.54) is 24.3 Å². The van der Waals surface area contributed by atoms with E-state index in [0.717, 1.165) is 17.0 Å². The van der Waals surface area contributed by atoms with Crippen LogP contribution in [-0.2, 0) is 25.9 Å². The molecule has 1 amide bonds. The molecule has 3 N–H and O–H groups in total. The van der Waals surface area contributed by atoms with Crippen molar-refractivity contribution >= 4 is 17.4 Å². The molecular formula is C23H20FNO6. The van der Waals surface area contributed by atoms with Gasteiger partial charge in [0.05, 0.1) is 5.57 Å². The van der Waals surface area contributed by atoms with Crippen molar-refractivity contribution in [3.63, 3.8) is 0 Å². The summed E-state index contributed by atoms with van der Waals surface area (Å²) in [7, 11) is 0. The quantitative estimate of drug-likeness (QED) is 0.507. The Labute approximate surface area is 177 Å².